The third-order valence-corrected chi connectivity index (χ3v) is 3.04. The first-order valence-electron chi connectivity index (χ1n) is 3.32. The van der Waals surface area contributed by atoms with Crippen LogP contribution in [0.3, 0.4) is 0 Å². The van der Waals surface area contributed by atoms with Crippen molar-refractivity contribution in [2.75, 3.05) is 7.11 Å². The quantitative estimate of drug-likeness (QED) is 0.753. The Kier molecular flexibility index (Phi) is 3.22. The van der Waals surface area contributed by atoms with Crippen molar-refractivity contribution in [3.8, 4) is 0 Å². The average Bonchev–Trinajstić information content (AvgIpc) is 2.30. The maximum absolute atomic E-state index is 10.9. The SMILES string of the molecule is COC(=O)Cc1nc(C)sc1Br. The second kappa shape index (κ2) is 4.00. The van der Waals surface area contributed by atoms with Gasteiger partial charge in [-0.2, -0.15) is 0 Å². The lowest BCUT2D eigenvalue weighted by Crippen LogP contribution is -2.05. The van der Waals surface area contributed by atoms with Gasteiger partial charge in [0.1, 0.15) is 0 Å². The molecule has 1 rings (SSSR count). The monoisotopic (exact) mass is 249 g/mol. The van der Waals surface area contributed by atoms with E-state index in [-0.39, 0.29) is 12.4 Å². The Morgan fingerprint density at radius 3 is 2.83 bits per heavy atom. The Bertz CT molecular complexity index is 298. The van der Waals surface area contributed by atoms with Gasteiger partial charge >= 0.3 is 5.97 Å². The number of methoxy groups -OCH3 is 1. The van der Waals surface area contributed by atoms with Gasteiger partial charge in [0.15, 0.2) is 0 Å². The summed E-state index contributed by atoms with van der Waals surface area (Å²) >= 11 is 4.84. The molecule has 0 radical (unpaired) electrons. The lowest BCUT2D eigenvalue weighted by Gasteiger charge is -1.94. The zero-order chi connectivity index (χ0) is 9.14. The van der Waals surface area contributed by atoms with Crippen molar-refractivity contribution in [2.45, 2.75) is 13.3 Å². The lowest BCUT2D eigenvalue weighted by molar-refractivity contribution is -0.139. The van der Waals surface area contributed by atoms with Gasteiger partial charge in [0.05, 0.1) is 28.0 Å². The fraction of sp³-hybridized carbons (Fsp3) is 0.429. The van der Waals surface area contributed by atoms with Crippen LogP contribution in [-0.4, -0.2) is 18.1 Å². The zero-order valence-electron chi connectivity index (χ0n) is 6.76. The molecule has 0 fully saturated rings. The van der Waals surface area contributed by atoms with Crippen molar-refractivity contribution in [3.63, 3.8) is 0 Å². The number of aryl methyl sites for hydroxylation is 1. The first kappa shape index (κ1) is 9.67. The Hall–Kier alpha value is -0.420. The maximum atomic E-state index is 10.9. The molecular formula is C7H8BrNO2S. The molecule has 0 aromatic carbocycles. The van der Waals surface area contributed by atoms with Crippen LogP contribution < -0.4 is 0 Å². The van der Waals surface area contributed by atoms with Gasteiger partial charge < -0.3 is 4.74 Å². The van der Waals surface area contributed by atoms with Crippen molar-refractivity contribution >= 4 is 33.2 Å². The zero-order valence-corrected chi connectivity index (χ0v) is 9.16. The summed E-state index contributed by atoms with van der Waals surface area (Å²) in [6, 6.07) is 0. The van der Waals surface area contributed by atoms with Crippen molar-refractivity contribution < 1.29 is 9.53 Å². The van der Waals surface area contributed by atoms with Gasteiger partial charge in [-0.05, 0) is 22.9 Å². The molecule has 66 valence electrons. The molecule has 0 bridgehead atoms. The predicted molar refractivity (Wildman–Crippen MR) is 50.3 cm³/mol. The molecule has 0 amide bonds. The van der Waals surface area contributed by atoms with E-state index >= 15 is 0 Å². The third-order valence-electron chi connectivity index (χ3n) is 1.30. The minimum Gasteiger partial charge on any atom is -0.469 e. The predicted octanol–water partition coefficient (Wildman–Crippen LogP) is 1.93. The maximum Gasteiger partial charge on any atom is 0.311 e. The molecule has 0 aliphatic rings. The van der Waals surface area contributed by atoms with Crippen LogP contribution in [0.4, 0.5) is 0 Å². The minimum absolute atomic E-state index is 0.238. The first-order valence-corrected chi connectivity index (χ1v) is 4.93. The number of nitrogens with zero attached hydrogens (tertiary/aromatic N) is 1. The number of rotatable bonds is 2. The molecule has 0 spiro atoms. The number of carbonyl (C=O) groups excluding carboxylic acids is 1. The highest BCUT2D eigenvalue weighted by Crippen LogP contribution is 2.24. The standard InChI is InChI=1S/C7H8BrNO2S/c1-4-9-5(7(8)12-4)3-6(10)11-2/h3H2,1-2H3. The summed E-state index contributed by atoms with van der Waals surface area (Å²) in [6.07, 6.45) is 0.238. The van der Waals surface area contributed by atoms with Crippen LogP contribution >= 0.6 is 27.3 Å². The van der Waals surface area contributed by atoms with Crippen LogP contribution in [0.5, 0.6) is 0 Å². The number of ether oxygens (including phenoxy) is 1. The van der Waals surface area contributed by atoms with Crippen LogP contribution in [0.1, 0.15) is 10.7 Å². The molecule has 1 heterocycles. The van der Waals surface area contributed by atoms with E-state index in [1.54, 1.807) is 0 Å². The van der Waals surface area contributed by atoms with Crippen LogP contribution in [0.15, 0.2) is 3.79 Å². The lowest BCUT2D eigenvalue weighted by atomic mass is 10.3. The topological polar surface area (TPSA) is 39.2 Å². The second-order valence-corrected chi connectivity index (χ2v) is 4.73. The number of halogens is 1. The smallest absolute Gasteiger partial charge is 0.311 e. The van der Waals surface area contributed by atoms with E-state index in [1.165, 1.54) is 18.4 Å². The van der Waals surface area contributed by atoms with E-state index in [1.807, 2.05) is 6.92 Å². The normalized spacial score (nSPS) is 9.92. The summed E-state index contributed by atoms with van der Waals surface area (Å²) in [5.74, 6) is -0.263. The van der Waals surface area contributed by atoms with Crippen molar-refractivity contribution in [2.24, 2.45) is 0 Å². The van der Waals surface area contributed by atoms with E-state index in [9.17, 15) is 4.79 Å². The molecule has 0 unspecified atom stereocenters. The Labute approximate surface area is 82.9 Å². The summed E-state index contributed by atoms with van der Waals surface area (Å²) < 4.78 is 5.43. The Morgan fingerprint density at radius 2 is 2.42 bits per heavy atom. The van der Waals surface area contributed by atoms with Crippen molar-refractivity contribution in [1.29, 1.82) is 0 Å². The summed E-state index contributed by atoms with van der Waals surface area (Å²) in [6.45, 7) is 1.90. The van der Waals surface area contributed by atoms with E-state index in [4.69, 9.17) is 0 Å². The van der Waals surface area contributed by atoms with Crippen LogP contribution in [0, 0.1) is 6.92 Å². The number of aromatic nitrogens is 1. The van der Waals surface area contributed by atoms with Gasteiger partial charge in [-0.1, -0.05) is 0 Å². The van der Waals surface area contributed by atoms with E-state index < -0.39 is 0 Å². The van der Waals surface area contributed by atoms with Crippen LogP contribution in [0.2, 0.25) is 0 Å². The first-order chi connectivity index (χ1) is 5.63. The molecule has 1 aromatic rings. The largest absolute Gasteiger partial charge is 0.469 e. The van der Waals surface area contributed by atoms with Gasteiger partial charge in [-0.25, -0.2) is 4.98 Å². The van der Waals surface area contributed by atoms with E-state index in [0.29, 0.717) is 0 Å². The number of thiazole rings is 1. The minimum atomic E-state index is -0.263. The fourth-order valence-corrected chi connectivity index (χ4v) is 2.35. The fourth-order valence-electron chi connectivity index (χ4n) is 0.763. The molecule has 0 aliphatic heterocycles. The number of hydrogen-bond donors (Lipinski definition) is 0. The summed E-state index contributed by atoms with van der Waals surface area (Å²) in [5, 5.41) is 0.945. The molecule has 5 heteroatoms. The summed E-state index contributed by atoms with van der Waals surface area (Å²) in [5.41, 5.74) is 0.754. The number of hydrogen-bond acceptors (Lipinski definition) is 4. The van der Waals surface area contributed by atoms with Gasteiger partial charge in [0, 0.05) is 0 Å². The van der Waals surface area contributed by atoms with Gasteiger partial charge in [0.2, 0.25) is 0 Å². The number of esters is 1. The molecule has 0 atom stereocenters. The molecular weight excluding hydrogens is 242 g/mol. The Balaban J connectivity index is 2.75. The second-order valence-electron chi connectivity index (χ2n) is 2.21. The van der Waals surface area contributed by atoms with Gasteiger partial charge in [0.25, 0.3) is 0 Å². The van der Waals surface area contributed by atoms with Gasteiger partial charge in [-0.3, -0.25) is 4.79 Å². The molecule has 0 saturated heterocycles. The molecule has 0 aliphatic carbocycles. The highest BCUT2D eigenvalue weighted by Gasteiger charge is 2.10. The molecule has 0 saturated carbocycles. The van der Waals surface area contributed by atoms with Crippen LogP contribution in [-0.2, 0) is 16.0 Å². The van der Waals surface area contributed by atoms with Crippen molar-refractivity contribution in [1.82, 2.24) is 4.98 Å². The molecule has 12 heavy (non-hydrogen) atoms. The number of carbonyl (C=O) groups is 1. The van der Waals surface area contributed by atoms with Gasteiger partial charge in [-0.15, -0.1) is 11.3 Å². The van der Waals surface area contributed by atoms with Crippen LogP contribution in [0.25, 0.3) is 0 Å². The summed E-state index contributed by atoms with van der Waals surface area (Å²) in [4.78, 5) is 15.0. The summed E-state index contributed by atoms with van der Waals surface area (Å²) in [7, 11) is 1.37. The van der Waals surface area contributed by atoms with Crippen molar-refractivity contribution in [3.05, 3.63) is 14.5 Å². The Morgan fingerprint density at radius 1 is 1.75 bits per heavy atom. The van der Waals surface area contributed by atoms with E-state index in [0.717, 1.165) is 14.5 Å². The molecule has 1 aromatic heterocycles. The molecule has 3 nitrogen and oxygen atoms in total. The van der Waals surface area contributed by atoms with E-state index in [2.05, 4.69) is 25.7 Å². The highest BCUT2D eigenvalue weighted by molar-refractivity contribution is 9.11. The highest BCUT2D eigenvalue weighted by atomic mass is 79.9. The third kappa shape index (κ3) is 2.28. The average molecular weight is 250 g/mol. The molecule has 0 N–H and O–H groups in total.